The number of hydrogen-bond donors (Lipinski definition) is 0. The minimum absolute atomic E-state index is 0.0951. The summed E-state index contributed by atoms with van der Waals surface area (Å²) in [5.41, 5.74) is 2.43. The molecule has 0 saturated carbocycles. The smallest absolute Gasteiger partial charge is 0.245 e. The van der Waals surface area contributed by atoms with Crippen molar-refractivity contribution in [3.05, 3.63) is 35.4 Å². The number of carbonyl (C=O) groups is 2. The third-order valence-corrected chi connectivity index (χ3v) is 5.38. The van der Waals surface area contributed by atoms with E-state index in [9.17, 15) is 9.59 Å². The summed E-state index contributed by atoms with van der Waals surface area (Å²) in [7, 11) is 0. The van der Waals surface area contributed by atoms with Gasteiger partial charge in [0.2, 0.25) is 11.8 Å². The summed E-state index contributed by atoms with van der Waals surface area (Å²) in [5.74, 6) is 0.353. The highest BCUT2D eigenvalue weighted by molar-refractivity contribution is 5.88. The van der Waals surface area contributed by atoms with Crippen molar-refractivity contribution in [2.45, 2.75) is 45.1 Å². The highest BCUT2D eigenvalue weighted by atomic mass is 16.5. The summed E-state index contributed by atoms with van der Waals surface area (Å²) >= 11 is 0. The number of amides is 2. The van der Waals surface area contributed by atoms with Crippen molar-refractivity contribution in [2.75, 3.05) is 32.8 Å². The molecule has 5 nitrogen and oxygen atoms in total. The molecule has 0 radical (unpaired) electrons. The fourth-order valence-electron chi connectivity index (χ4n) is 3.95. The van der Waals surface area contributed by atoms with Crippen molar-refractivity contribution in [2.24, 2.45) is 0 Å². The summed E-state index contributed by atoms with van der Waals surface area (Å²) in [4.78, 5) is 29.3. The zero-order valence-electron chi connectivity index (χ0n) is 15.2. The number of likely N-dealkylation sites (tertiary alicyclic amines) is 1. The molecule has 2 heterocycles. The van der Waals surface area contributed by atoms with Gasteiger partial charge in [-0.05, 0) is 36.8 Å². The van der Waals surface area contributed by atoms with Gasteiger partial charge < -0.3 is 14.5 Å². The molecule has 2 aliphatic rings. The Morgan fingerprint density at radius 2 is 1.92 bits per heavy atom. The van der Waals surface area contributed by atoms with Crippen molar-refractivity contribution in [1.82, 2.24) is 9.80 Å². The molecular formula is C20H28N2O3. The first-order valence-electron chi connectivity index (χ1n) is 9.29. The predicted molar refractivity (Wildman–Crippen MR) is 96.3 cm³/mol. The van der Waals surface area contributed by atoms with E-state index in [1.165, 1.54) is 11.1 Å². The molecule has 2 fully saturated rings. The largest absolute Gasteiger partial charge is 0.378 e. The molecule has 3 rings (SSSR count). The molecule has 136 valence electrons. The molecular weight excluding hydrogens is 316 g/mol. The second kappa shape index (κ2) is 8.00. The van der Waals surface area contributed by atoms with E-state index in [1.54, 1.807) is 0 Å². The van der Waals surface area contributed by atoms with E-state index in [1.807, 2.05) is 21.9 Å². The lowest BCUT2D eigenvalue weighted by molar-refractivity contribution is -0.146. The average Bonchev–Trinajstić information content (AvgIpc) is 3.12. The Morgan fingerprint density at radius 3 is 2.64 bits per heavy atom. The van der Waals surface area contributed by atoms with Crippen LogP contribution in [0.4, 0.5) is 0 Å². The molecule has 2 atom stereocenters. The maximum absolute atomic E-state index is 12.9. The molecule has 5 heteroatoms. The maximum Gasteiger partial charge on any atom is 0.245 e. The highest BCUT2D eigenvalue weighted by Crippen LogP contribution is 2.26. The normalized spacial score (nSPS) is 22.1. The van der Waals surface area contributed by atoms with Crippen LogP contribution in [0.5, 0.6) is 0 Å². The van der Waals surface area contributed by atoms with Crippen molar-refractivity contribution < 1.29 is 14.3 Å². The Morgan fingerprint density at radius 1 is 1.20 bits per heavy atom. The fourth-order valence-corrected chi connectivity index (χ4v) is 3.95. The summed E-state index contributed by atoms with van der Waals surface area (Å²) in [6.45, 7) is 7.33. The van der Waals surface area contributed by atoms with Gasteiger partial charge >= 0.3 is 0 Å². The molecule has 0 aliphatic carbocycles. The van der Waals surface area contributed by atoms with Gasteiger partial charge in [-0.15, -0.1) is 0 Å². The molecule has 0 aromatic heterocycles. The van der Waals surface area contributed by atoms with E-state index in [0.29, 0.717) is 39.3 Å². The van der Waals surface area contributed by atoms with Crippen molar-refractivity contribution >= 4 is 11.8 Å². The zero-order valence-corrected chi connectivity index (χ0v) is 15.2. The maximum atomic E-state index is 12.9. The zero-order chi connectivity index (χ0) is 17.8. The van der Waals surface area contributed by atoms with E-state index in [2.05, 4.69) is 26.0 Å². The Hall–Kier alpha value is -1.88. The Labute approximate surface area is 149 Å². The molecule has 2 aliphatic heterocycles. The molecule has 1 aromatic carbocycles. The molecule has 2 amide bonds. The average molecular weight is 344 g/mol. The van der Waals surface area contributed by atoms with E-state index >= 15 is 0 Å². The fraction of sp³-hybridized carbons (Fsp3) is 0.600. The topological polar surface area (TPSA) is 49.9 Å². The van der Waals surface area contributed by atoms with Crippen molar-refractivity contribution in [3.63, 3.8) is 0 Å². The number of carbonyl (C=O) groups excluding carboxylic acids is 2. The Kier molecular flexibility index (Phi) is 5.74. The number of nitrogens with zero attached hydrogens (tertiary/aromatic N) is 2. The van der Waals surface area contributed by atoms with Gasteiger partial charge in [-0.3, -0.25) is 9.59 Å². The number of morpholine rings is 1. The molecule has 0 N–H and O–H groups in total. The van der Waals surface area contributed by atoms with Gasteiger partial charge in [-0.25, -0.2) is 0 Å². The van der Waals surface area contributed by atoms with Crippen LogP contribution in [0.25, 0.3) is 0 Å². The minimum Gasteiger partial charge on any atom is -0.378 e. The monoisotopic (exact) mass is 344 g/mol. The quantitative estimate of drug-likeness (QED) is 0.842. The summed E-state index contributed by atoms with van der Waals surface area (Å²) in [6.07, 6.45) is 2.14. The van der Waals surface area contributed by atoms with Gasteiger partial charge in [0.15, 0.2) is 0 Å². The van der Waals surface area contributed by atoms with Gasteiger partial charge in [-0.1, -0.05) is 31.2 Å². The molecule has 0 bridgehead atoms. The first kappa shape index (κ1) is 17.9. The Bertz CT molecular complexity index is 625. The van der Waals surface area contributed by atoms with E-state index in [0.717, 1.165) is 12.8 Å². The van der Waals surface area contributed by atoms with Crippen molar-refractivity contribution in [1.29, 1.82) is 0 Å². The van der Waals surface area contributed by atoms with E-state index in [4.69, 9.17) is 4.74 Å². The molecule has 25 heavy (non-hydrogen) atoms. The van der Waals surface area contributed by atoms with Crippen LogP contribution in [0, 0.1) is 6.92 Å². The third kappa shape index (κ3) is 4.03. The molecule has 1 aromatic rings. The molecule has 2 saturated heterocycles. The van der Waals surface area contributed by atoms with Gasteiger partial charge in [0.25, 0.3) is 0 Å². The van der Waals surface area contributed by atoms with Crippen LogP contribution >= 0.6 is 0 Å². The van der Waals surface area contributed by atoms with Crippen LogP contribution in [0.1, 0.15) is 43.2 Å². The second-order valence-electron chi connectivity index (χ2n) is 7.14. The number of hydrogen-bond acceptors (Lipinski definition) is 3. The number of aryl methyl sites for hydroxylation is 1. The Balaban J connectivity index is 1.64. The van der Waals surface area contributed by atoms with E-state index < -0.39 is 0 Å². The first-order valence-corrected chi connectivity index (χ1v) is 9.29. The number of ether oxygens (including phenoxy) is 1. The minimum atomic E-state index is -0.283. The van der Waals surface area contributed by atoms with Gasteiger partial charge in [-0.2, -0.15) is 0 Å². The van der Waals surface area contributed by atoms with Crippen LogP contribution in [0.2, 0.25) is 0 Å². The van der Waals surface area contributed by atoms with Crippen LogP contribution < -0.4 is 0 Å². The molecule has 0 spiro atoms. The summed E-state index contributed by atoms with van der Waals surface area (Å²) in [6, 6.07) is 7.92. The van der Waals surface area contributed by atoms with Crippen LogP contribution in [-0.2, 0) is 14.3 Å². The van der Waals surface area contributed by atoms with Crippen LogP contribution in [0.15, 0.2) is 24.3 Å². The van der Waals surface area contributed by atoms with Crippen LogP contribution in [0.3, 0.4) is 0 Å². The van der Waals surface area contributed by atoms with Crippen molar-refractivity contribution in [3.8, 4) is 0 Å². The number of rotatable bonds is 4. The van der Waals surface area contributed by atoms with Gasteiger partial charge in [0.05, 0.1) is 13.2 Å². The molecule has 0 unspecified atom stereocenters. The third-order valence-electron chi connectivity index (χ3n) is 5.38. The SMILES string of the molecule is Cc1ccccc1[C@@H](C)CC(=O)N1CCC[C@H]1C(=O)N1CCOCC1. The lowest BCUT2D eigenvalue weighted by Gasteiger charge is -2.33. The number of benzene rings is 1. The van der Waals surface area contributed by atoms with Gasteiger partial charge in [0.1, 0.15) is 6.04 Å². The van der Waals surface area contributed by atoms with E-state index in [-0.39, 0.29) is 23.8 Å². The lowest BCUT2D eigenvalue weighted by Crippen LogP contribution is -2.51. The standard InChI is InChI=1S/C20H28N2O3/c1-15-6-3-4-7-17(15)16(2)14-19(23)22-9-5-8-18(22)20(24)21-10-12-25-13-11-21/h3-4,6-7,16,18H,5,8-14H2,1-2H3/t16-,18-/m0/s1. The lowest BCUT2D eigenvalue weighted by atomic mass is 9.93. The highest BCUT2D eigenvalue weighted by Gasteiger charge is 2.37. The van der Waals surface area contributed by atoms with Crippen LogP contribution in [-0.4, -0.2) is 60.5 Å². The summed E-state index contributed by atoms with van der Waals surface area (Å²) < 4.78 is 5.33. The summed E-state index contributed by atoms with van der Waals surface area (Å²) in [5, 5.41) is 0. The predicted octanol–water partition coefficient (Wildman–Crippen LogP) is 2.34. The first-order chi connectivity index (χ1) is 12.1. The second-order valence-corrected chi connectivity index (χ2v) is 7.14. The van der Waals surface area contributed by atoms with Gasteiger partial charge in [0, 0.05) is 26.1 Å².